The van der Waals surface area contributed by atoms with E-state index in [1.807, 2.05) is 32.2 Å². The van der Waals surface area contributed by atoms with Crippen molar-refractivity contribution in [1.82, 2.24) is 35.2 Å². The molecule has 0 saturated carbocycles. The number of aryl methyl sites for hydroxylation is 1. The highest BCUT2D eigenvalue weighted by atomic mass is 32.1. The van der Waals surface area contributed by atoms with Gasteiger partial charge in [0, 0.05) is 72.7 Å². The molecule has 14 nitrogen and oxygen atoms in total. The topological polar surface area (TPSA) is 157 Å². The van der Waals surface area contributed by atoms with E-state index in [1.54, 1.807) is 13.3 Å². The summed E-state index contributed by atoms with van der Waals surface area (Å²) in [7, 11) is 4.43. The van der Waals surface area contributed by atoms with Gasteiger partial charge >= 0.3 is 12.1 Å². The number of carbonyl (C=O) groups excluding carboxylic acids is 4. The molecule has 15 heteroatoms. The highest BCUT2D eigenvalue weighted by Gasteiger charge is 2.38. The lowest BCUT2D eigenvalue weighted by atomic mass is 9.84. The Kier molecular flexibility index (Phi) is 12.7. The van der Waals surface area contributed by atoms with Gasteiger partial charge in [-0.2, -0.15) is 0 Å². The van der Waals surface area contributed by atoms with Crippen molar-refractivity contribution in [2.24, 2.45) is 11.3 Å². The zero-order chi connectivity index (χ0) is 41.2. The Morgan fingerprint density at radius 3 is 2.65 bits per heavy atom. The maximum atomic E-state index is 14.3. The van der Waals surface area contributed by atoms with Crippen LogP contribution in [0.2, 0.25) is 0 Å². The van der Waals surface area contributed by atoms with Gasteiger partial charge in [0.25, 0.3) is 5.91 Å². The van der Waals surface area contributed by atoms with E-state index in [4.69, 9.17) is 24.2 Å². The summed E-state index contributed by atoms with van der Waals surface area (Å²) >= 11 is 1.41. The number of benzene rings is 1. The number of esters is 1. The van der Waals surface area contributed by atoms with Gasteiger partial charge in [0.05, 0.1) is 41.9 Å². The van der Waals surface area contributed by atoms with E-state index >= 15 is 0 Å². The molecule has 57 heavy (non-hydrogen) atoms. The molecule has 3 aromatic heterocycles. The molecule has 2 aliphatic heterocycles. The van der Waals surface area contributed by atoms with Crippen LogP contribution in [0.5, 0.6) is 0 Å². The number of nitrogens with zero attached hydrogens (tertiary/aromatic N) is 5. The SMILES string of the molecule is CCn1c(-c2cccnc2[C@H](C)OC)c2c3cc(ccc31)-c1csc(n1)C[C@H](NC(=O)C(C(C)C)N(C)C(=O)OC)C(=O)N1CCC[C@H](N1)C(=O)OCC(C)(C)C2. The van der Waals surface area contributed by atoms with E-state index in [0.29, 0.717) is 37.4 Å². The molecule has 1 unspecified atom stereocenters. The van der Waals surface area contributed by atoms with Crippen molar-refractivity contribution in [3.05, 3.63) is 58.2 Å². The lowest BCUT2D eigenvalue weighted by Crippen LogP contribution is -2.62. The Balaban J connectivity index is 1.48. The van der Waals surface area contributed by atoms with E-state index < -0.39 is 47.4 Å². The molecule has 306 valence electrons. The second kappa shape index (κ2) is 17.3. The van der Waals surface area contributed by atoms with E-state index in [0.717, 1.165) is 44.7 Å². The number of methoxy groups -OCH3 is 2. The summed E-state index contributed by atoms with van der Waals surface area (Å²) < 4.78 is 19.1. The van der Waals surface area contributed by atoms with Crippen molar-refractivity contribution in [2.45, 2.75) is 98.0 Å². The van der Waals surface area contributed by atoms with Gasteiger partial charge in [-0.1, -0.05) is 33.8 Å². The summed E-state index contributed by atoms with van der Waals surface area (Å²) in [6, 6.07) is 7.67. The molecule has 4 atom stereocenters. The second-order valence-electron chi connectivity index (χ2n) is 16.0. The van der Waals surface area contributed by atoms with E-state index in [1.165, 1.54) is 35.4 Å². The van der Waals surface area contributed by atoms with Crippen LogP contribution in [0, 0.1) is 11.3 Å². The summed E-state index contributed by atoms with van der Waals surface area (Å²) in [6.07, 6.45) is 2.59. The molecular formula is C42H55N7O7S. The minimum Gasteiger partial charge on any atom is -0.464 e. The Hall–Kier alpha value is -4.86. The van der Waals surface area contributed by atoms with Gasteiger partial charge < -0.3 is 24.1 Å². The first-order valence-electron chi connectivity index (χ1n) is 19.6. The van der Waals surface area contributed by atoms with Crippen LogP contribution in [0.4, 0.5) is 4.79 Å². The number of cyclic esters (lactones) is 1. The first-order valence-corrected chi connectivity index (χ1v) is 20.5. The van der Waals surface area contributed by atoms with Gasteiger partial charge in [-0.3, -0.25) is 29.3 Å². The van der Waals surface area contributed by atoms with E-state index in [9.17, 15) is 19.2 Å². The van der Waals surface area contributed by atoms with Crippen LogP contribution < -0.4 is 10.7 Å². The first kappa shape index (κ1) is 41.8. The number of nitrogens with one attached hydrogen (secondary N) is 2. The highest BCUT2D eigenvalue weighted by Crippen LogP contribution is 2.42. The fourth-order valence-electron chi connectivity index (χ4n) is 8.00. The van der Waals surface area contributed by atoms with Gasteiger partial charge in [0.1, 0.15) is 18.1 Å². The summed E-state index contributed by atoms with van der Waals surface area (Å²) in [5.74, 6) is -1.66. The molecule has 6 rings (SSSR count). The van der Waals surface area contributed by atoms with Gasteiger partial charge in [0.2, 0.25) is 5.91 Å². The minimum atomic E-state index is -1.05. The van der Waals surface area contributed by atoms with Crippen molar-refractivity contribution in [2.75, 3.05) is 34.4 Å². The summed E-state index contributed by atoms with van der Waals surface area (Å²) in [6.45, 7) is 13.1. The normalized spacial score (nSPS) is 19.8. The molecule has 1 aromatic carbocycles. The molecule has 3 amide bonds. The van der Waals surface area contributed by atoms with Gasteiger partial charge in [-0.25, -0.2) is 15.2 Å². The van der Waals surface area contributed by atoms with Crippen LogP contribution in [-0.4, -0.2) is 101 Å². The molecule has 1 saturated heterocycles. The van der Waals surface area contributed by atoms with Gasteiger partial charge in [0.15, 0.2) is 0 Å². The maximum absolute atomic E-state index is 14.3. The molecule has 1 fully saturated rings. The zero-order valence-electron chi connectivity index (χ0n) is 34.4. The van der Waals surface area contributed by atoms with Gasteiger partial charge in [-0.15, -0.1) is 11.3 Å². The number of rotatable bonds is 8. The van der Waals surface area contributed by atoms with Crippen LogP contribution in [-0.2, 0) is 48.0 Å². The monoisotopic (exact) mass is 801 g/mol. The Morgan fingerprint density at radius 1 is 1.18 bits per heavy atom. The number of likely N-dealkylation sites (N-methyl/N-ethyl adjacent to an activating group) is 1. The molecule has 2 N–H and O–H groups in total. The number of hydrogen-bond donors (Lipinski definition) is 2. The summed E-state index contributed by atoms with van der Waals surface area (Å²) in [4.78, 5) is 65.5. The predicted molar refractivity (Wildman–Crippen MR) is 218 cm³/mol. The number of hydrazine groups is 1. The first-order chi connectivity index (χ1) is 27.2. The fourth-order valence-corrected chi connectivity index (χ4v) is 8.85. The van der Waals surface area contributed by atoms with E-state index in [-0.39, 0.29) is 25.0 Å². The van der Waals surface area contributed by atoms with Crippen LogP contribution in [0.25, 0.3) is 33.4 Å². The zero-order valence-corrected chi connectivity index (χ0v) is 35.2. The third-order valence-corrected chi connectivity index (χ3v) is 11.8. The highest BCUT2D eigenvalue weighted by molar-refractivity contribution is 7.10. The number of fused-ring (bicyclic) bond motifs is 6. The third kappa shape index (κ3) is 8.70. The molecule has 0 radical (unpaired) electrons. The number of pyridine rings is 1. The second-order valence-corrected chi connectivity index (χ2v) is 17.0. The standard InChI is InChI=1S/C42H55N7O7S/c1-10-48-33-16-15-26-19-28(33)29(37(48)27-13-11-17-43-35(27)25(4)54-8)21-42(5,6)23-56-40(52)30-14-12-18-49(46-30)39(51)31(20-34-44-32(26)22-57-34)45-38(50)36(24(2)3)47(7)41(53)55-9/h11,13,15-17,19,22,24-25,30-31,36,46H,10,12,14,18,20-21,23H2,1-9H3,(H,45,50)/t25-,30-,31-,36?/m0/s1. The van der Waals surface area contributed by atoms with Crippen molar-refractivity contribution < 1.29 is 33.4 Å². The van der Waals surface area contributed by atoms with E-state index in [2.05, 4.69) is 60.3 Å². The predicted octanol–water partition coefficient (Wildman–Crippen LogP) is 5.93. The number of aromatic nitrogens is 3. The smallest absolute Gasteiger partial charge is 0.409 e. The number of ether oxygens (including phenoxy) is 3. The number of carbonyl (C=O) groups is 4. The average molecular weight is 802 g/mol. The van der Waals surface area contributed by atoms with Crippen LogP contribution in [0.15, 0.2) is 41.9 Å². The fraction of sp³-hybridized carbons (Fsp3) is 0.524. The summed E-state index contributed by atoms with van der Waals surface area (Å²) in [5, 5.41) is 8.01. The molecule has 0 spiro atoms. The Labute approximate surface area is 338 Å². The minimum absolute atomic E-state index is 0.0921. The maximum Gasteiger partial charge on any atom is 0.409 e. The van der Waals surface area contributed by atoms with Gasteiger partial charge in [-0.05, 0) is 68.9 Å². The third-order valence-electron chi connectivity index (χ3n) is 10.9. The lowest BCUT2D eigenvalue weighted by Gasteiger charge is -2.36. The largest absolute Gasteiger partial charge is 0.464 e. The molecule has 2 aliphatic rings. The van der Waals surface area contributed by atoms with Crippen LogP contribution in [0.1, 0.15) is 76.8 Å². The average Bonchev–Trinajstić information content (AvgIpc) is 3.79. The lowest BCUT2D eigenvalue weighted by molar-refractivity contribution is -0.155. The quantitative estimate of drug-likeness (QED) is 0.205. The molecule has 0 aliphatic carbocycles. The molecule has 6 bridgehead atoms. The van der Waals surface area contributed by atoms with Crippen LogP contribution in [0.3, 0.4) is 0 Å². The number of amides is 3. The van der Waals surface area contributed by atoms with Crippen LogP contribution >= 0.6 is 11.3 Å². The molecule has 5 heterocycles. The van der Waals surface area contributed by atoms with Crippen molar-refractivity contribution in [3.8, 4) is 22.5 Å². The Bertz CT molecular complexity index is 2130. The molecule has 4 aromatic rings. The van der Waals surface area contributed by atoms with Crippen molar-refractivity contribution >= 4 is 46.1 Å². The summed E-state index contributed by atoms with van der Waals surface area (Å²) in [5.41, 5.74) is 9.29. The van der Waals surface area contributed by atoms with Crippen molar-refractivity contribution in [3.63, 3.8) is 0 Å². The Morgan fingerprint density at radius 2 is 1.95 bits per heavy atom. The molecular weight excluding hydrogens is 747 g/mol. The number of thiazole rings is 1. The van der Waals surface area contributed by atoms with Crippen molar-refractivity contribution in [1.29, 1.82) is 0 Å². The number of hydrogen-bond acceptors (Lipinski definition) is 11.